The zero-order valence-corrected chi connectivity index (χ0v) is 10.5. The van der Waals surface area contributed by atoms with Crippen molar-refractivity contribution in [2.75, 3.05) is 5.75 Å². The van der Waals surface area contributed by atoms with Gasteiger partial charge in [0.25, 0.3) is 0 Å². The standard InChI is InChI=1S/C10H17N5S/c1-3-8-4-5-16-10(13-8)11-6-9-12-7-15(2)14-9/h7-8H,3-6H2,1-2H3,(H,11,13). The van der Waals surface area contributed by atoms with Crippen LogP contribution in [0.4, 0.5) is 0 Å². The van der Waals surface area contributed by atoms with Gasteiger partial charge in [0.1, 0.15) is 12.9 Å². The second kappa shape index (κ2) is 5.34. The first-order valence-electron chi connectivity index (χ1n) is 5.56. The smallest absolute Gasteiger partial charge is 0.172 e. The van der Waals surface area contributed by atoms with E-state index >= 15 is 0 Å². The van der Waals surface area contributed by atoms with Crippen molar-refractivity contribution in [3.05, 3.63) is 12.2 Å². The molecule has 1 aliphatic rings. The van der Waals surface area contributed by atoms with Crippen molar-refractivity contribution in [3.8, 4) is 0 Å². The van der Waals surface area contributed by atoms with Gasteiger partial charge in [-0.15, -0.1) is 0 Å². The van der Waals surface area contributed by atoms with Gasteiger partial charge in [0.2, 0.25) is 0 Å². The fraction of sp³-hybridized carbons (Fsp3) is 0.700. The Hall–Kier alpha value is -1.04. The summed E-state index contributed by atoms with van der Waals surface area (Å²) in [4.78, 5) is 8.64. The first kappa shape index (κ1) is 11.4. The van der Waals surface area contributed by atoms with Gasteiger partial charge in [-0.05, 0) is 12.8 Å². The summed E-state index contributed by atoms with van der Waals surface area (Å²) >= 11 is 1.78. The van der Waals surface area contributed by atoms with Gasteiger partial charge in [0, 0.05) is 18.8 Å². The van der Waals surface area contributed by atoms with Crippen LogP contribution in [0.25, 0.3) is 0 Å². The molecule has 1 atom stereocenters. The molecule has 1 saturated heterocycles. The van der Waals surface area contributed by atoms with Crippen molar-refractivity contribution in [2.24, 2.45) is 12.0 Å². The number of thioether (sulfide) groups is 1. The van der Waals surface area contributed by atoms with Crippen LogP contribution in [-0.4, -0.2) is 31.7 Å². The average Bonchev–Trinajstić information content (AvgIpc) is 2.73. The second-order valence-corrected chi connectivity index (χ2v) is 4.93. The molecule has 5 nitrogen and oxygen atoms in total. The number of amidine groups is 1. The van der Waals surface area contributed by atoms with Crippen LogP contribution in [0.3, 0.4) is 0 Å². The summed E-state index contributed by atoms with van der Waals surface area (Å²) in [5, 5.41) is 8.66. The molecule has 0 radical (unpaired) electrons. The molecule has 1 unspecified atom stereocenters. The molecule has 16 heavy (non-hydrogen) atoms. The quantitative estimate of drug-likeness (QED) is 0.860. The maximum absolute atomic E-state index is 4.50. The van der Waals surface area contributed by atoms with E-state index in [1.165, 1.54) is 6.42 Å². The van der Waals surface area contributed by atoms with E-state index < -0.39 is 0 Å². The largest absolute Gasteiger partial charge is 0.362 e. The molecule has 0 amide bonds. The monoisotopic (exact) mass is 239 g/mol. The van der Waals surface area contributed by atoms with E-state index in [2.05, 4.69) is 27.3 Å². The Morgan fingerprint density at radius 3 is 3.25 bits per heavy atom. The van der Waals surface area contributed by atoms with Crippen LogP contribution >= 0.6 is 11.8 Å². The number of nitrogens with zero attached hydrogens (tertiary/aromatic N) is 4. The summed E-state index contributed by atoms with van der Waals surface area (Å²) in [6, 6.07) is 0.580. The van der Waals surface area contributed by atoms with E-state index in [-0.39, 0.29) is 0 Å². The minimum atomic E-state index is 0.562. The summed E-state index contributed by atoms with van der Waals surface area (Å²) < 4.78 is 1.70. The van der Waals surface area contributed by atoms with Gasteiger partial charge in [-0.2, -0.15) is 5.10 Å². The molecule has 1 fully saturated rings. The number of nitrogens with one attached hydrogen (secondary N) is 1. The number of hydrogen-bond donors (Lipinski definition) is 1. The molecule has 0 saturated carbocycles. The Kier molecular flexibility index (Phi) is 3.82. The summed E-state index contributed by atoms with van der Waals surface area (Å²) in [6.07, 6.45) is 4.08. The molecule has 1 aliphatic heterocycles. The fourth-order valence-corrected chi connectivity index (χ4v) is 2.58. The molecule has 88 valence electrons. The van der Waals surface area contributed by atoms with Gasteiger partial charge >= 0.3 is 0 Å². The highest BCUT2D eigenvalue weighted by atomic mass is 32.2. The van der Waals surface area contributed by atoms with Gasteiger partial charge in [-0.1, -0.05) is 18.7 Å². The zero-order chi connectivity index (χ0) is 11.4. The summed E-state index contributed by atoms with van der Waals surface area (Å²) in [7, 11) is 1.87. The van der Waals surface area contributed by atoms with Crippen molar-refractivity contribution in [1.82, 2.24) is 20.1 Å². The molecule has 2 rings (SSSR count). The summed E-state index contributed by atoms with van der Waals surface area (Å²) in [5.74, 6) is 1.93. The minimum absolute atomic E-state index is 0.562. The van der Waals surface area contributed by atoms with E-state index in [0.717, 1.165) is 23.2 Å². The van der Waals surface area contributed by atoms with Gasteiger partial charge in [-0.25, -0.2) is 4.98 Å². The topological polar surface area (TPSA) is 55.1 Å². The third-order valence-electron chi connectivity index (χ3n) is 2.54. The lowest BCUT2D eigenvalue weighted by Gasteiger charge is -2.23. The Morgan fingerprint density at radius 2 is 2.56 bits per heavy atom. The number of rotatable bonds is 3. The Labute approximate surface area is 99.7 Å². The van der Waals surface area contributed by atoms with Crippen molar-refractivity contribution in [1.29, 1.82) is 0 Å². The number of aryl methyl sites for hydroxylation is 1. The maximum Gasteiger partial charge on any atom is 0.172 e. The molecule has 0 aromatic carbocycles. The Morgan fingerprint density at radius 1 is 1.69 bits per heavy atom. The molecule has 1 N–H and O–H groups in total. The number of hydrogen-bond acceptors (Lipinski definition) is 4. The Bertz CT molecular complexity index is 373. The fourth-order valence-electron chi connectivity index (χ4n) is 1.58. The third-order valence-corrected chi connectivity index (χ3v) is 3.50. The SMILES string of the molecule is CCC1CCSC(=NCc2ncn(C)n2)N1. The van der Waals surface area contributed by atoms with Gasteiger partial charge in [-0.3, -0.25) is 9.67 Å². The number of aliphatic imine (C=N–C) groups is 1. The van der Waals surface area contributed by atoms with Crippen molar-refractivity contribution < 1.29 is 0 Å². The highest BCUT2D eigenvalue weighted by Crippen LogP contribution is 2.15. The lowest BCUT2D eigenvalue weighted by molar-refractivity contribution is 0.570. The van der Waals surface area contributed by atoms with Crippen LogP contribution in [-0.2, 0) is 13.6 Å². The first-order chi connectivity index (χ1) is 7.78. The van der Waals surface area contributed by atoms with Crippen LogP contribution in [0.5, 0.6) is 0 Å². The predicted molar refractivity (Wildman–Crippen MR) is 66.4 cm³/mol. The van der Waals surface area contributed by atoms with E-state index in [9.17, 15) is 0 Å². The van der Waals surface area contributed by atoms with E-state index in [1.807, 2.05) is 7.05 Å². The molecular weight excluding hydrogens is 222 g/mol. The maximum atomic E-state index is 4.50. The molecule has 0 aliphatic carbocycles. The number of aromatic nitrogens is 3. The zero-order valence-electron chi connectivity index (χ0n) is 9.68. The molecule has 1 aromatic rings. The lowest BCUT2D eigenvalue weighted by Crippen LogP contribution is -2.37. The van der Waals surface area contributed by atoms with Gasteiger partial charge in [0.05, 0.1) is 0 Å². The van der Waals surface area contributed by atoms with Crippen molar-refractivity contribution in [2.45, 2.75) is 32.4 Å². The third kappa shape index (κ3) is 2.98. The normalized spacial score (nSPS) is 23.4. The molecule has 2 heterocycles. The second-order valence-electron chi connectivity index (χ2n) is 3.84. The molecular formula is C10H17N5S. The predicted octanol–water partition coefficient (Wildman–Crippen LogP) is 1.18. The van der Waals surface area contributed by atoms with Crippen molar-refractivity contribution >= 4 is 16.9 Å². The Balaban J connectivity index is 1.91. The molecule has 0 bridgehead atoms. The summed E-state index contributed by atoms with van der Waals surface area (Å²) in [5.41, 5.74) is 0. The van der Waals surface area contributed by atoms with Crippen LogP contribution in [0.2, 0.25) is 0 Å². The highest BCUT2D eigenvalue weighted by molar-refractivity contribution is 8.13. The van der Waals surface area contributed by atoms with Crippen LogP contribution in [0, 0.1) is 0 Å². The highest BCUT2D eigenvalue weighted by Gasteiger charge is 2.15. The van der Waals surface area contributed by atoms with E-state index in [4.69, 9.17) is 0 Å². The first-order valence-corrected chi connectivity index (χ1v) is 6.54. The van der Waals surface area contributed by atoms with E-state index in [0.29, 0.717) is 12.6 Å². The van der Waals surface area contributed by atoms with Crippen molar-refractivity contribution in [3.63, 3.8) is 0 Å². The average molecular weight is 239 g/mol. The van der Waals surface area contributed by atoms with Crippen LogP contribution < -0.4 is 5.32 Å². The lowest BCUT2D eigenvalue weighted by atomic mass is 10.2. The summed E-state index contributed by atoms with van der Waals surface area (Å²) in [6.45, 7) is 2.76. The van der Waals surface area contributed by atoms with E-state index in [1.54, 1.807) is 22.8 Å². The van der Waals surface area contributed by atoms with Crippen LogP contribution in [0.1, 0.15) is 25.6 Å². The molecule has 6 heteroatoms. The van der Waals surface area contributed by atoms with Gasteiger partial charge < -0.3 is 5.32 Å². The van der Waals surface area contributed by atoms with Crippen LogP contribution in [0.15, 0.2) is 11.3 Å². The minimum Gasteiger partial charge on any atom is -0.362 e. The molecule has 1 aromatic heterocycles. The van der Waals surface area contributed by atoms with Gasteiger partial charge in [0.15, 0.2) is 11.0 Å². The molecule has 0 spiro atoms.